The average molecular weight is 187 g/mol. The summed E-state index contributed by atoms with van der Waals surface area (Å²) in [6.07, 6.45) is 5.71. The highest BCUT2D eigenvalue weighted by Gasteiger charge is 2.12. The van der Waals surface area contributed by atoms with Gasteiger partial charge in [-0.3, -0.25) is 14.5 Å². The molecule has 14 heavy (non-hydrogen) atoms. The van der Waals surface area contributed by atoms with E-state index in [1.807, 2.05) is 0 Å². The van der Waals surface area contributed by atoms with Gasteiger partial charge in [0.2, 0.25) is 0 Å². The fourth-order valence-corrected chi connectivity index (χ4v) is 1.03. The zero-order valence-electron chi connectivity index (χ0n) is 7.73. The molecule has 1 amide bonds. The molecule has 70 valence electrons. The predicted molar refractivity (Wildman–Crippen MR) is 52.8 cm³/mol. The summed E-state index contributed by atoms with van der Waals surface area (Å²) in [5, 5.41) is 0. The first-order chi connectivity index (χ1) is 6.70. The fourth-order valence-electron chi connectivity index (χ4n) is 1.03. The van der Waals surface area contributed by atoms with E-state index >= 15 is 0 Å². The molecule has 0 N–H and O–H groups in total. The number of amides is 1. The molecule has 1 aromatic carbocycles. The van der Waals surface area contributed by atoms with E-state index in [0.717, 1.165) is 4.90 Å². The number of hydrogen-bond donors (Lipinski definition) is 0. The molecule has 3 nitrogen and oxygen atoms in total. The second kappa shape index (κ2) is 4.24. The summed E-state index contributed by atoms with van der Waals surface area (Å²) < 4.78 is 0. The van der Waals surface area contributed by atoms with Crippen molar-refractivity contribution >= 4 is 12.2 Å². The molecule has 0 aliphatic carbocycles. The number of aldehydes is 1. The molecule has 0 saturated heterocycles. The molecule has 3 heteroatoms. The van der Waals surface area contributed by atoms with Crippen LogP contribution in [0.4, 0.5) is 0 Å². The van der Waals surface area contributed by atoms with Gasteiger partial charge in [-0.2, -0.15) is 0 Å². The summed E-state index contributed by atoms with van der Waals surface area (Å²) in [5.74, 6) is -0.352. The van der Waals surface area contributed by atoms with Gasteiger partial charge in [-0.15, -0.1) is 0 Å². The normalized spacial score (nSPS) is 8.86. The van der Waals surface area contributed by atoms with Gasteiger partial charge in [0.15, 0.2) is 6.29 Å². The summed E-state index contributed by atoms with van der Waals surface area (Å²) in [6.45, 7) is 0. The third-order valence-corrected chi connectivity index (χ3v) is 1.82. The van der Waals surface area contributed by atoms with Crippen molar-refractivity contribution in [3.05, 3.63) is 35.4 Å². The smallest absolute Gasteiger partial charge is 0.265 e. The Bertz CT molecular complexity index is 404. The lowest BCUT2D eigenvalue weighted by Gasteiger charge is -2.09. The minimum atomic E-state index is -0.352. The highest BCUT2D eigenvalue weighted by molar-refractivity contribution is 6.01. The first-order valence-electron chi connectivity index (χ1n) is 3.99. The molecule has 0 aromatic heterocycles. The monoisotopic (exact) mass is 187 g/mol. The zero-order chi connectivity index (χ0) is 10.6. The molecule has 0 saturated carbocycles. The van der Waals surface area contributed by atoms with Gasteiger partial charge in [0.05, 0.1) is 5.56 Å². The minimum Gasteiger partial charge on any atom is -0.298 e. The summed E-state index contributed by atoms with van der Waals surface area (Å²) in [5.41, 5.74) is 0.669. The van der Waals surface area contributed by atoms with E-state index in [9.17, 15) is 9.59 Å². The van der Waals surface area contributed by atoms with Crippen LogP contribution in [0.1, 0.15) is 20.7 Å². The molecule has 0 fully saturated rings. The molecule has 0 radical (unpaired) electrons. The van der Waals surface area contributed by atoms with E-state index < -0.39 is 0 Å². The van der Waals surface area contributed by atoms with Crippen LogP contribution in [-0.2, 0) is 0 Å². The maximum atomic E-state index is 11.6. The van der Waals surface area contributed by atoms with E-state index in [2.05, 4.69) is 6.04 Å². The lowest BCUT2D eigenvalue weighted by molar-refractivity contribution is 0.0857. The third-order valence-electron chi connectivity index (χ3n) is 1.82. The minimum absolute atomic E-state index is 0.322. The van der Waals surface area contributed by atoms with Gasteiger partial charge >= 0.3 is 0 Å². The second-order valence-electron chi connectivity index (χ2n) is 2.70. The average Bonchev–Trinajstić information content (AvgIpc) is 2.26. The first-order valence-corrected chi connectivity index (χ1v) is 3.99. The Labute approximate surface area is 82.3 Å². The van der Waals surface area contributed by atoms with Gasteiger partial charge in [-0.1, -0.05) is 24.6 Å². The van der Waals surface area contributed by atoms with Crippen LogP contribution < -0.4 is 0 Å². The van der Waals surface area contributed by atoms with Crippen molar-refractivity contribution in [2.24, 2.45) is 0 Å². The number of benzene rings is 1. The zero-order valence-corrected chi connectivity index (χ0v) is 7.73. The highest BCUT2D eigenvalue weighted by Crippen LogP contribution is 2.08. The highest BCUT2D eigenvalue weighted by atomic mass is 16.2. The van der Waals surface area contributed by atoms with Crippen LogP contribution in [-0.4, -0.2) is 24.1 Å². The first kappa shape index (κ1) is 10.0. The Balaban J connectivity index is 3.13. The van der Waals surface area contributed by atoms with Crippen LogP contribution in [0.3, 0.4) is 0 Å². The molecule has 0 spiro atoms. The number of rotatable bonds is 2. The van der Waals surface area contributed by atoms with Crippen LogP contribution in [0.15, 0.2) is 24.3 Å². The van der Waals surface area contributed by atoms with Gasteiger partial charge in [0.1, 0.15) is 0 Å². The van der Waals surface area contributed by atoms with Crippen molar-refractivity contribution in [3.8, 4) is 12.5 Å². The fraction of sp³-hybridized carbons (Fsp3) is 0.0909. The van der Waals surface area contributed by atoms with Gasteiger partial charge < -0.3 is 0 Å². The van der Waals surface area contributed by atoms with Crippen molar-refractivity contribution in [1.29, 1.82) is 0 Å². The quantitative estimate of drug-likeness (QED) is 0.396. The Hall–Kier alpha value is -2.08. The molecule has 0 aliphatic heterocycles. The number of carbonyl (C=O) groups excluding carboxylic acids is 2. The summed E-state index contributed by atoms with van der Waals surface area (Å²) in [4.78, 5) is 23.3. The van der Waals surface area contributed by atoms with E-state index in [1.54, 1.807) is 24.3 Å². The van der Waals surface area contributed by atoms with E-state index in [1.165, 1.54) is 7.05 Å². The molecular weight excluding hydrogens is 178 g/mol. The van der Waals surface area contributed by atoms with Crippen LogP contribution >= 0.6 is 0 Å². The van der Waals surface area contributed by atoms with Crippen LogP contribution in [0.25, 0.3) is 0 Å². The van der Waals surface area contributed by atoms with Crippen molar-refractivity contribution in [2.45, 2.75) is 0 Å². The molecule has 0 atom stereocenters. The number of hydrogen-bond acceptors (Lipinski definition) is 2. The van der Waals surface area contributed by atoms with Gasteiger partial charge in [0.25, 0.3) is 5.91 Å². The molecule has 0 aliphatic rings. The lowest BCUT2D eigenvalue weighted by atomic mass is 10.1. The van der Waals surface area contributed by atoms with Crippen LogP contribution in [0, 0.1) is 12.5 Å². The molecular formula is C11H9NO2. The summed E-state index contributed by atoms with van der Waals surface area (Å²) in [7, 11) is 1.48. The Morgan fingerprint density at radius 1 is 1.50 bits per heavy atom. The van der Waals surface area contributed by atoms with Crippen molar-refractivity contribution in [2.75, 3.05) is 7.05 Å². The van der Waals surface area contributed by atoms with Crippen molar-refractivity contribution in [3.63, 3.8) is 0 Å². The Morgan fingerprint density at radius 2 is 2.14 bits per heavy atom. The van der Waals surface area contributed by atoms with Gasteiger partial charge in [-0.05, 0) is 6.07 Å². The van der Waals surface area contributed by atoms with Crippen LogP contribution in [0.5, 0.6) is 0 Å². The van der Waals surface area contributed by atoms with Crippen molar-refractivity contribution < 1.29 is 9.59 Å². The Morgan fingerprint density at radius 3 is 2.71 bits per heavy atom. The summed E-state index contributed by atoms with van der Waals surface area (Å²) in [6, 6.07) is 8.70. The molecule has 0 bridgehead atoms. The number of terminal acetylenes is 1. The maximum Gasteiger partial charge on any atom is 0.265 e. The number of nitrogens with zero attached hydrogens (tertiary/aromatic N) is 1. The van der Waals surface area contributed by atoms with Gasteiger partial charge in [-0.25, -0.2) is 0 Å². The lowest BCUT2D eigenvalue weighted by Crippen LogP contribution is -2.22. The maximum absolute atomic E-state index is 11.6. The van der Waals surface area contributed by atoms with E-state index in [0.29, 0.717) is 17.4 Å². The SMILES string of the molecule is C#CN(C)C(=O)c1ccccc1C=O. The molecule has 0 heterocycles. The topological polar surface area (TPSA) is 37.4 Å². The van der Waals surface area contributed by atoms with E-state index in [-0.39, 0.29) is 5.91 Å². The molecule has 1 aromatic rings. The Kier molecular flexibility index (Phi) is 3.03. The standard InChI is InChI=1S/C11H9NO2/c1-3-12(2)11(14)10-7-5-4-6-9(10)8-13/h1,4-8H,2H3. The summed E-state index contributed by atoms with van der Waals surface area (Å²) >= 11 is 0. The van der Waals surface area contributed by atoms with Crippen molar-refractivity contribution in [1.82, 2.24) is 4.90 Å². The van der Waals surface area contributed by atoms with E-state index in [4.69, 9.17) is 6.42 Å². The van der Waals surface area contributed by atoms with Gasteiger partial charge in [0, 0.05) is 18.7 Å². The number of carbonyl (C=O) groups is 2. The largest absolute Gasteiger partial charge is 0.298 e. The van der Waals surface area contributed by atoms with Crippen LogP contribution in [0.2, 0.25) is 0 Å². The third kappa shape index (κ3) is 1.80. The predicted octanol–water partition coefficient (Wildman–Crippen LogP) is 1.16. The molecule has 0 unspecified atom stereocenters. The second-order valence-corrected chi connectivity index (χ2v) is 2.70. The molecule has 1 rings (SSSR count).